The van der Waals surface area contributed by atoms with Crippen molar-refractivity contribution in [3.05, 3.63) is 60.4 Å². The molecule has 2 aromatic heterocycles. The Morgan fingerprint density at radius 2 is 1.86 bits per heavy atom. The van der Waals surface area contributed by atoms with Gasteiger partial charge < -0.3 is 5.73 Å². The predicted octanol–water partition coefficient (Wildman–Crippen LogP) is 3.35. The highest BCUT2D eigenvalue weighted by Crippen LogP contribution is 2.25. The van der Waals surface area contributed by atoms with Crippen molar-refractivity contribution in [2.45, 2.75) is 13.3 Å². The van der Waals surface area contributed by atoms with Gasteiger partial charge in [0, 0.05) is 29.6 Å². The average molecular weight is 276 g/mol. The summed E-state index contributed by atoms with van der Waals surface area (Å²) in [7, 11) is 0. The number of aromatic nitrogens is 3. The molecule has 0 saturated carbocycles. The third kappa shape index (κ3) is 2.74. The smallest absolute Gasteiger partial charge is 0.162 e. The summed E-state index contributed by atoms with van der Waals surface area (Å²) in [4.78, 5) is 13.2. The van der Waals surface area contributed by atoms with Crippen LogP contribution in [-0.4, -0.2) is 15.0 Å². The third-order valence-corrected chi connectivity index (χ3v) is 3.34. The molecule has 0 fully saturated rings. The molecule has 0 unspecified atom stereocenters. The topological polar surface area (TPSA) is 64.7 Å². The van der Waals surface area contributed by atoms with Gasteiger partial charge in [-0.25, -0.2) is 9.97 Å². The predicted molar refractivity (Wildman–Crippen MR) is 84.5 cm³/mol. The lowest BCUT2D eigenvalue weighted by atomic mass is 10.1. The summed E-state index contributed by atoms with van der Waals surface area (Å²) in [5, 5.41) is 0. The van der Waals surface area contributed by atoms with Crippen LogP contribution in [0.4, 0.5) is 5.82 Å². The highest BCUT2D eigenvalue weighted by Gasteiger charge is 2.10. The molecule has 2 heterocycles. The zero-order valence-electron chi connectivity index (χ0n) is 11.8. The summed E-state index contributed by atoms with van der Waals surface area (Å²) in [5.41, 5.74) is 9.91. The van der Waals surface area contributed by atoms with Crippen molar-refractivity contribution in [2.24, 2.45) is 0 Å². The van der Waals surface area contributed by atoms with Crippen LogP contribution >= 0.6 is 0 Å². The van der Waals surface area contributed by atoms with Crippen LogP contribution in [-0.2, 0) is 6.42 Å². The van der Waals surface area contributed by atoms with Crippen molar-refractivity contribution in [3.63, 3.8) is 0 Å². The number of pyridine rings is 1. The van der Waals surface area contributed by atoms with Crippen LogP contribution in [0.25, 0.3) is 22.6 Å². The Balaban J connectivity index is 2.14. The van der Waals surface area contributed by atoms with Gasteiger partial charge in [-0.3, -0.25) is 4.98 Å². The molecule has 21 heavy (non-hydrogen) atoms. The molecule has 4 nitrogen and oxygen atoms in total. The number of anilines is 1. The molecule has 0 radical (unpaired) electrons. The number of rotatable bonds is 3. The van der Waals surface area contributed by atoms with Gasteiger partial charge in [0.2, 0.25) is 0 Å². The number of hydrogen-bond donors (Lipinski definition) is 1. The zero-order valence-corrected chi connectivity index (χ0v) is 11.8. The van der Waals surface area contributed by atoms with E-state index in [-0.39, 0.29) is 0 Å². The monoisotopic (exact) mass is 276 g/mol. The Kier molecular flexibility index (Phi) is 3.60. The highest BCUT2D eigenvalue weighted by atomic mass is 14.9. The lowest BCUT2D eigenvalue weighted by molar-refractivity contribution is 1.08. The minimum Gasteiger partial charge on any atom is -0.384 e. The first kappa shape index (κ1) is 13.2. The number of aryl methyl sites for hydroxylation is 1. The Morgan fingerprint density at radius 3 is 2.62 bits per heavy atom. The molecule has 104 valence electrons. The maximum absolute atomic E-state index is 5.96. The number of nitrogens with two attached hydrogens (primary N) is 1. The van der Waals surface area contributed by atoms with E-state index in [2.05, 4.69) is 21.9 Å². The van der Waals surface area contributed by atoms with Crippen molar-refractivity contribution in [1.82, 2.24) is 15.0 Å². The molecule has 0 saturated heterocycles. The van der Waals surface area contributed by atoms with E-state index in [1.54, 1.807) is 12.3 Å². The maximum atomic E-state index is 5.96. The molecule has 4 heteroatoms. The minimum absolute atomic E-state index is 0.470. The number of nitrogen functional groups attached to an aromatic ring is 1. The van der Waals surface area contributed by atoms with Gasteiger partial charge in [0.1, 0.15) is 5.82 Å². The molecular weight excluding hydrogens is 260 g/mol. The van der Waals surface area contributed by atoms with Crippen LogP contribution < -0.4 is 5.73 Å². The molecule has 0 atom stereocenters. The maximum Gasteiger partial charge on any atom is 0.162 e. The standard InChI is InChI=1S/C17H16N4/c1-2-12-11-19-9-8-14(12)17-20-15(10-16(18)21-17)13-6-4-3-5-7-13/h3-11H,2H2,1H3,(H2,18,20,21). The molecule has 0 aliphatic rings. The van der Waals surface area contributed by atoms with E-state index < -0.39 is 0 Å². The molecule has 0 aliphatic carbocycles. The van der Waals surface area contributed by atoms with Gasteiger partial charge >= 0.3 is 0 Å². The lowest BCUT2D eigenvalue weighted by Crippen LogP contribution is -2.00. The number of hydrogen-bond acceptors (Lipinski definition) is 4. The first-order chi connectivity index (χ1) is 10.3. The van der Waals surface area contributed by atoms with E-state index in [1.165, 1.54) is 0 Å². The van der Waals surface area contributed by atoms with E-state index in [1.807, 2.05) is 42.6 Å². The van der Waals surface area contributed by atoms with Crippen LogP contribution in [0.15, 0.2) is 54.9 Å². The Morgan fingerprint density at radius 1 is 1.05 bits per heavy atom. The molecular formula is C17H16N4. The lowest BCUT2D eigenvalue weighted by Gasteiger charge is -2.09. The van der Waals surface area contributed by atoms with Crippen LogP contribution in [0.1, 0.15) is 12.5 Å². The molecule has 0 aliphatic heterocycles. The molecule has 0 amide bonds. The summed E-state index contributed by atoms with van der Waals surface area (Å²) in [5.74, 6) is 1.12. The van der Waals surface area contributed by atoms with Gasteiger partial charge in [0.25, 0.3) is 0 Å². The van der Waals surface area contributed by atoms with Crippen molar-refractivity contribution in [3.8, 4) is 22.6 Å². The van der Waals surface area contributed by atoms with Crippen molar-refractivity contribution >= 4 is 5.82 Å². The summed E-state index contributed by atoms with van der Waals surface area (Å²) >= 11 is 0. The van der Waals surface area contributed by atoms with Gasteiger partial charge in [-0.05, 0) is 18.1 Å². The number of nitrogens with zero attached hydrogens (tertiary/aromatic N) is 3. The van der Waals surface area contributed by atoms with Crippen LogP contribution in [0.2, 0.25) is 0 Å². The fraction of sp³-hybridized carbons (Fsp3) is 0.118. The Bertz CT molecular complexity index is 754. The van der Waals surface area contributed by atoms with E-state index in [4.69, 9.17) is 5.73 Å². The number of benzene rings is 1. The van der Waals surface area contributed by atoms with E-state index in [0.717, 1.165) is 28.8 Å². The van der Waals surface area contributed by atoms with Gasteiger partial charge in [-0.15, -0.1) is 0 Å². The average Bonchev–Trinajstić information content (AvgIpc) is 2.55. The minimum atomic E-state index is 0.470. The van der Waals surface area contributed by atoms with E-state index >= 15 is 0 Å². The second-order valence-corrected chi connectivity index (χ2v) is 4.75. The summed E-state index contributed by atoms with van der Waals surface area (Å²) < 4.78 is 0. The fourth-order valence-electron chi connectivity index (χ4n) is 2.27. The quantitative estimate of drug-likeness (QED) is 0.796. The zero-order chi connectivity index (χ0) is 14.7. The highest BCUT2D eigenvalue weighted by molar-refractivity contribution is 5.68. The van der Waals surface area contributed by atoms with Crippen LogP contribution in [0.5, 0.6) is 0 Å². The first-order valence-electron chi connectivity index (χ1n) is 6.91. The molecule has 2 N–H and O–H groups in total. The van der Waals surface area contributed by atoms with Crippen molar-refractivity contribution in [1.29, 1.82) is 0 Å². The fourth-order valence-corrected chi connectivity index (χ4v) is 2.27. The summed E-state index contributed by atoms with van der Waals surface area (Å²) in [6, 6.07) is 13.7. The summed E-state index contributed by atoms with van der Waals surface area (Å²) in [6.07, 6.45) is 4.48. The van der Waals surface area contributed by atoms with Gasteiger partial charge in [-0.2, -0.15) is 0 Å². The van der Waals surface area contributed by atoms with Gasteiger partial charge in [0.15, 0.2) is 5.82 Å². The van der Waals surface area contributed by atoms with Crippen LogP contribution in [0.3, 0.4) is 0 Å². The second kappa shape index (κ2) is 5.71. The SMILES string of the molecule is CCc1cnccc1-c1nc(N)cc(-c2ccccc2)n1. The van der Waals surface area contributed by atoms with Crippen molar-refractivity contribution in [2.75, 3.05) is 5.73 Å². The molecule has 3 aromatic rings. The molecule has 1 aromatic carbocycles. The van der Waals surface area contributed by atoms with Crippen LogP contribution in [0, 0.1) is 0 Å². The van der Waals surface area contributed by atoms with E-state index in [0.29, 0.717) is 11.6 Å². The van der Waals surface area contributed by atoms with E-state index in [9.17, 15) is 0 Å². The largest absolute Gasteiger partial charge is 0.384 e. The normalized spacial score (nSPS) is 10.5. The second-order valence-electron chi connectivity index (χ2n) is 4.75. The first-order valence-corrected chi connectivity index (χ1v) is 6.91. The molecule has 0 spiro atoms. The van der Waals surface area contributed by atoms with Crippen molar-refractivity contribution < 1.29 is 0 Å². The Labute approximate surface area is 123 Å². The van der Waals surface area contributed by atoms with Gasteiger partial charge in [0.05, 0.1) is 5.69 Å². The Hall–Kier alpha value is -2.75. The third-order valence-electron chi connectivity index (χ3n) is 3.34. The van der Waals surface area contributed by atoms with Gasteiger partial charge in [-0.1, -0.05) is 37.3 Å². The molecule has 3 rings (SSSR count). The summed E-state index contributed by atoms with van der Waals surface area (Å²) in [6.45, 7) is 2.09. The molecule has 0 bridgehead atoms.